The fraction of sp³-hybridized carbons (Fsp3) is 0.182. The highest BCUT2D eigenvalue weighted by atomic mass is 79.9. The van der Waals surface area contributed by atoms with Crippen molar-refractivity contribution in [1.82, 2.24) is 11.0 Å². The number of benzene rings is 5. The van der Waals surface area contributed by atoms with Crippen molar-refractivity contribution in [2.45, 2.75) is 34.6 Å². The summed E-state index contributed by atoms with van der Waals surface area (Å²) in [6.45, 7) is 9.21. The highest BCUT2D eigenvalue weighted by Gasteiger charge is 2.21. The van der Waals surface area contributed by atoms with Crippen LogP contribution in [0.4, 0.5) is 44.7 Å². The molecule has 0 saturated carbocycles. The van der Waals surface area contributed by atoms with Crippen molar-refractivity contribution in [3.05, 3.63) is 151 Å². The van der Waals surface area contributed by atoms with Crippen molar-refractivity contribution in [3.63, 3.8) is 0 Å². The summed E-state index contributed by atoms with van der Waals surface area (Å²) < 4.78 is 71.2. The molecule has 0 aliphatic rings. The lowest BCUT2D eigenvalue weighted by Gasteiger charge is -2.15. The summed E-state index contributed by atoms with van der Waals surface area (Å²) in [6, 6.07) is 20.2. The van der Waals surface area contributed by atoms with Gasteiger partial charge in [0.2, 0.25) is 0 Å². The van der Waals surface area contributed by atoms with Crippen molar-refractivity contribution in [1.29, 1.82) is 0 Å². The summed E-state index contributed by atoms with van der Waals surface area (Å²) in [4.78, 5) is 34.9. The Labute approximate surface area is 355 Å². The van der Waals surface area contributed by atoms with E-state index in [4.69, 9.17) is 9.68 Å². The maximum Gasteiger partial charge on any atom is 0.277 e. The third kappa shape index (κ3) is 14.0. The zero-order valence-electron chi connectivity index (χ0n) is 32.3. The zero-order valence-corrected chi connectivity index (χ0v) is 35.4. The number of carbonyl (C=O) groups is 2. The lowest BCUT2D eigenvalue weighted by atomic mass is 9.98. The van der Waals surface area contributed by atoms with Gasteiger partial charge in [0, 0.05) is 31.3 Å². The fourth-order valence-electron chi connectivity index (χ4n) is 4.92. The molecule has 0 aliphatic heterocycles. The van der Waals surface area contributed by atoms with E-state index in [2.05, 4.69) is 77.1 Å². The molecule has 0 spiro atoms. The standard InChI is InChI=1S/C23H16BrF3N2O2.C21H21BrF2N2O2/c1-14-12-16(24)7-10-20(14)28-22-18(8-9-19(26)21(22)27)23(30)29-31-11-3-5-15-4-2-6-17(25)13-15;1-13-12-14(22)6-9-17(13)25-19-15(7-8-16(23)18(19)24)20(27)26-28-11-5-10-21(2,3)4/h2,4,6-10,12-13,28H,11H2,1H3,(H,29,30);6-9,12,25H,11H2,1-4H3,(H,26,27). The van der Waals surface area contributed by atoms with Gasteiger partial charge >= 0.3 is 0 Å². The van der Waals surface area contributed by atoms with E-state index in [1.165, 1.54) is 24.3 Å². The van der Waals surface area contributed by atoms with E-state index in [9.17, 15) is 31.5 Å². The van der Waals surface area contributed by atoms with Gasteiger partial charge in [0.05, 0.1) is 22.5 Å². The van der Waals surface area contributed by atoms with E-state index in [1.807, 2.05) is 26.8 Å². The molecule has 5 aromatic rings. The van der Waals surface area contributed by atoms with Gasteiger partial charge in [-0.15, -0.1) is 0 Å². The Morgan fingerprint density at radius 3 is 1.56 bits per heavy atom. The van der Waals surface area contributed by atoms with Gasteiger partial charge < -0.3 is 10.6 Å². The molecule has 0 heterocycles. The molecular formula is C44H37Br2F5N4O4. The van der Waals surface area contributed by atoms with Crippen molar-refractivity contribution in [3.8, 4) is 23.7 Å². The van der Waals surface area contributed by atoms with Crippen LogP contribution >= 0.6 is 31.9 Å². The smallest absolute Gasteiger partial charge is 0.277 e. The lowest BCUT2D eigenvalue weighted by Crippen LogP contribution is -2.25. The summed E-state index contributed by atoms with van der Waals surface area (Å²) in [6.07, 6.45) is 0. The van der Waals surface area contributed by atoms with E-state index in [0.29, 0.717) is 16.9 Å². The quantitative estimate of drug-likeness (QED) is 0.0482. The molecule has 15 heteroatoms. The molecule has 0 radical (unpaired) electrons. The Morgan fingerprint density at radius 1 is 0.644 bits per heavy atom. The van der Waals surface area contributed by atoms with E-state index in [-0.39, 0.29) is 41.1 Å². The van der Waals surface area contributed by atoms with Crippen LogP contribution in [-0.2, 0) is 9.68 Å². The number of hydroxylamine groups is 2. The molecule has 4 N–H and O–H groups in total. The van der Waals surface area contributed by atoms with Crippen LogP contribution in [0.3, 0.4) is 0 Å². The first-order valence-corrected chi connectivity index (χ1v) is 19.1. The van der Waals surface area contributed by atoms with Crippen LogP contribution in [0.2, 0.25) is 0 Å². The molecule has 0 aromatic heterocycles. The van der Waals surface area contributed by atoms with Crippen molar-refractivity contribution in [2.24, 2.45) is 5.41 Å². The fourth-order valence-corrected chi connectivity index (χ4v) is 5.87. The van der Waals surface area contributed by atoms with Gasteiger partial charge in [0.25, 0.3) is 11.8 Å². The molecule has 0 atom stereocenters. The molecule has 2 amide bonds. The number of hydrogen-bond donors (Lipinski definition) is 4. The lowest BCUT2D eigenvalue weighted by molar-refractivity contribution is 0.0435. The molecule has 0 bridgehead atoms. The van der Waals surface area contributed by atoms with Gasteiger partial charge in [-0.2, -0.15) is 0 Å². The number of halogens is 7. The minimum atomic E-state index is -1.19. The third-order valence-electron chi connectivity index (χ3n) is 7.71. The largest absolute Gasteiger partial charge is 0.352 e. The Morgan fingerprint density at radius 2 is 1.12 bits per heavy atom. The van der Waals surface area contributed by atoms with Gasteiger partial charge in [0.1, 0.15) is 19.0 Å². The Kier molecular flexibility index (Phi) is 16.6. The van der Waals surface area contributed by atoms with E-state index in [1.54, 1.807) is 50.2 Å². The molecule has 5 rings (SSSR count). The van der Waals surface area contributed by atoms with Gasteiger partial charge in [-0.25, -0.2) is 32.9 Å². The first kappa shape index (κ1) is 46.0. The molecule has 0 aliphatic carbocycles. The Hall–Kier alpha value is -5.71. The maximum absolute atomic E-state index is 14.5. The van der Waals surface area contributed by atoms with Gasteiger partial charge in [-0.05, 0) is 125 Å². The van der Waals surface area contributed by atoms with Gasteiger partial charge in [-0.3, -0.25) is 19.3 Å². The molecular weight excluding hydrogens is 903 g/mol. The third-order valence-corrected chi connectivity index (χ3v) is 8.70. The predicted octanol–water partition coefficient (Wildman–Crippen LogP) is 11.1. The van der Waals surface area contributed by atoms with Crippen molar-refractivity contribution < 1.29 is 41.2 Å². The molecule has 8 nitrogen and oxygen atoms in total. The highest BCUT2D eigenvalue weighted by Crippen LogP contribution is 2.31. The van der Waals surface area contributed by atoms with Crippen LogP contribution in [0.15, 0.2) is 93.9 Å². The van der Waals surface area contributed by atoms with Crippen LogP contribution in [0.5, 0.6) is 0 Å². The second kappa shape index (κ2) is 21.3. The molecule has 5 aromatic carbocycles. The number of hydrogen-bond acceptors (Lipinski definition) is 6. The number of rotatable bonds is 10. The van der Waals surface area contributed by atoms with Crippen LogP contribution in [0.25, 0.3) is 0 Å². The number of carbonyl (C=O) groups excluding carboxylic acids is 2. The molecule has 0 saturated heterocycles. The molecule has 0 unspecified atom stereocenters. The first-order valence-electron chi connectivity index (χ1n) is 17.5. The summed E-state index contributed by atoms with van der Waals surface area (Å²) in [7, 11) is 0. The minimum Gasteiger partial charge on any atom is -0.352 e. The maximum atomic E-state index is 14.5. The van der Waals surface area contributed by atoms with Gasteiger partial charge in [-0.1, -0.05) is 61.6 Å². The normalized spacial score (nSPS) is 10.5. The van der Waals surface area contributed by atoms with Crippen molar-refractivity contribution >= 4 is 66.4 Å². The van der Waals surface area contributed by atoms with Gasteiger partial charge in [0.15, 0.2) is 23.3 Å². The average Bonchev–Trinajstić information content (AvgIpc) is 3.16. The van der Waals surface area contributed by atoms with Crippen LogP contribution < -0.4 is 21.6 Å². The molecule has 306 valence electrons. The molecule has 59 heavy (non-hydrogen) atoms. The Balaban J connectivity index is 0.000000262. The Bertz CT molecular complexity index is 2470. The number of aryl methyl sites for hydroxylation is 2. The number of anilines is 4. The average molecular weight is 941 g/mol. The topological polar surface area (TPSA) is 101 Å². The zero-order chi connectivity index (χ0) is 43.3. The number of nitrogens with one attached hydrogen (secondary N) is 4. The van der Waals surface area contributed by atoms with E-state index < -0.39 is 40.9 Å². The van der Waals surface area contributed by atoms with Crippen LogP contribution in [0.1, 0.15) is 58.2 Å². The van der Waals surface area contributed by atoms with Crippen molar-refractivity contribution in [2.75, 3.05) is 23.8 Å². The van der Waals surface area contributed by atoms with E-state index in [0.717, 1.165) is 38.3 Å². The summed E-state index contributed by atoms with van der Waals surface area (Å²) in [5, 5.41) is 5.57. The number of amides is 2. The monoisotopic (exact) mass is 938 g/mol. The second-order valence-corrected chi connectivity index (χ2v) is 15.4. The highest BCUT2D eigenvalue weighted by molar-refractivity contribution is 9.10. The van der Waals surface area contributed by atoms with Crippen LogP contribution in [-0.4, -0.2) is 25.0 Å². The van der Waals surface area contributed by atoms with E-state index >= 15 is 0 Å². The predicted molar refractivity (Wildman–Crippen MR) is 224 cm³/mol. The summed E-state index contributed by atoms with van der Waals surface area (Å²) >= 11 is 6.68. The minimum absolute atomic E-state index is 0.0265. The summed E-state index contributed by atoms with van der Waals surface area (Å²) in [5.41, 5.74) is 6.36. The SMILES string of the molecule is Cc1cc(Br)ccc1Nc1c(C(=O)NOCC#CC(C)(C)C)ccc(F)c1F.Cc1cc(Br)ccc1Nc1c(C(=O)NOCC#Cc2cccc(F)c2)ccc(F)c1F. The van der Waals surface area contributed by atoms with Crippen LogP contribution in [0, 0.1) is 72.0 Å². The molecule has 0 fully saturated rings. The first-order chi connectivity index (χ1) is 27.9. The second-order valence-electron chi connectivity index (χ2n) is 13.5. The summed E-state index contributed by atoms with van der Waals surface area (Å²) in [5.74, 6) is 4.60.